The standard InChI is InChI=1S/C8H11BrN2O2S/c1-2-5(7(12)13)3-10-8-11-6(9)4-14-8/h4-5H,2-3H2,1H3,(H,10,11)(H,12,13). The maximum Gasteiger partial charge on any atom is 0.308 e. The van der Waals surface area contributed by atoms with Gasteiger partial charge in [-0.2, -0.15) is 0 Å². The summed E-state index contributed by atoms with van der Waals surface area (Å²) < 4.78 is 0.772. The quantitative estimate of drug-likeness (QED) is 0.869. The van der Waals surface area contributed by atoms with Crippen LogP contribution in [0.5, 0.6) is 0 Å². The average molecular weight is 279 g/mol. The van der Waals surface area contributed by atoms with Gasteiger partial charge in [-0.05, 0) is 22.4 Å². The lowest BCUT2D eigenvalue weighted by Crippen LogP contribution is -2.21. The molecule has 1 atom stereocenters. The average Bonchev–Trinajstić information content (AvgIpc) is 2.52. The summed E-state index contributed by atoms with van der Waals surface area (Å²) in [5.74, 6) is -1.12. The first-order valence-electron chi connectivity index (χ1n) is 4.21. The molecule has 0 spiro atoms. The number of aromatic nitrogens is 1. The third-order valence-electron chi connectivity index (χ3n) is 1.82. The number of aliphatic carboxylic acids is 1. The summed E-state index contributed by atoms with van der Waals surface area (Å²) in [6, 6.07) is 0. The van der Waals surface area contributed by atoms with Crippen LogP contribution < -0.4 is 5.32 Å². The van der Waals surface area contributed by atoms with Gasteiger partial charge < -0.3 is 10.4 Å². The van der Waals surface area contributed by atoms with Crippen molar-refractivity contribution in [2.45, 2.75) is 13.3 Å². The van der Waals surface area contributed by atoms with Crippen molar-refractivity contribution < 1.29 is 9.90 Å². The minimum Gasteiger partial charge on any atom is -0.481 e. The fraction of sp³-hybridized carbons (Fsp3) is 0.500. The Balaban J connectivity index is 2.43. The Morgan fingerprint density at radius 2 is 2.57 bits per heavy atom. The van der Waals surface area contributed by atoms with Crippen molar-refractivity contribution in [2.75, 3.05) is 11.9 Å². The molecule has 14 heavy (non-hydrogen) atoms. The molecule has 0 aliphatic carbocycles. The van der Waals surface area contributed by atoms with E-state index in [2.05, 4.69) is 26.2 Å². The van der Waals surface area contributed by atoms with Crippen LogP contribution in [0.2, 0.25) is 0 Å². The van der Waals surface area contributed by atoms with Gasteiger partial charge in [-0.1, -0.05) is 6.92 Å². The highest BCUT2D eigenvalue weighted by atomic mass is 79.9. The van der Waals surface area contributed by atoms with Crippen molar-refractivity contribution in [1.29, 1.82) is 0 Å². The maximum absolute atomic E-state index is 10.7. The van der Waals surface area contributed by atoms with Crippen LogP contribution in [0.3, 0.4) is 0 Å². The molecule has 4 nitrogen and oxygen atoms in total. The molecule has 1 heterocycles. The van der Waals surface area contributed by atoms with Gasteiger partial charge in [0.1, 0.15) is 4.60 Å². The number of carbonyl (C=O) groups is 1. The van der Waals surface area contributed by atoms with E-state index in [1.165, 1.54) is 11.3 Å². The minimum absolute atomic E-state index is 0.349. The summed E-state index contributed by atoms with van der Waals surface area (Å²) in [6.45, 7) is 2.28. The molecule has 0 amide bonds. The van der Waals surface area contributed by atoms with E-state index < -0.39 is 5.97 Å². The van der Waals surface area contributed by atoms with Gasteiger partial charge in [0.15, 0.2) is 5.13 Å². The molecular weight excluding hydrogens is 268 g/mol. The van der Waals surface area contributed by atoms with E-state index in [1.54, 1.807) is 0 Å². The van der Waals surface area contributed by atoms with Crippen LogP contribution in [0.4, 0.5) is 5.13 Å². The largest absolute Gasteiger partial charge is 0.481 e. The zero-order valence-electron chi connectivity index (χ0n) is 7.66. The van der Waals surface area contributed by atoms with Crippen LogP contribution in [0.15, 0.2) is 9.98 Å². The summed E-state index contributed by atoms with van der Waals surface area (Å²) in [5, 5.41) is 14.4. The number of hydrogen-bond donors (Lipinski definition) is 2. The lowest BCUT2D eigenvalue weighted by molar-refractivity contribution is -0.141. The van der Waals surface area contributed by atoms with Crippen molar-refractivity contribution in [3.05, 3.63) is 9.98 Å². The zero-order valence-corrected chi connectivity index (χ0v) is 10.1. The molecule has 78 valence electrons. The van der Waals surface area contributed by atoms with Gasteiger partial charge >= 0.3 is 5.97 Å². The molecule has 0 aromatic carbocycles. The maximum atomic E-state index is 10.7. The van der Waals surface area contributed by atoms with E-state index >= 15 is 0 Å². The van der Waals surface area contributed by atoms with E-state index in [-0.39, 0.29) is 5.92 Å². The SMILES string of the molecule is CCC(CNc1nc(Br)cs1)C(=O)O. The van der Waals surface area contributed by atoms with Crippen LogP contribution in [-0.2, 0) is 4.79 Å². The van der Waals surface area contributed by atoms with Crippen molar-refractivity contribution in [3.8, 4) is 0 Å². The lowest BCUT2D eigenvalue weighted by Gasteiger charge is -2.09. The predicted octanol–water partition coefficient (Wildman–Crippen LogP) is 2.43. The van der Waals surface area contributed by atoms with Crippen LogP contribution >= 0.6 is 27.3 Å². The van der Waals surface area contributed by atoms with E-state index in [1.807, 2.05) is 12.3 Å². The van der Waals surface area contributed by atoms with Crippen molar-refractivity contribution in [1.82, 2.24) is 4.98 Å². The van der Waals surface area contributed by atoms with Crippen molar-refractivity contribution in [3.63, 3.8) is 0 Å². The summed E-state index contributed by atoms with van der Waals surface area (Å²) in [5.41, 5.74) is 0. The highest BCUT2D eigenvalue weighted by Crippen LogP contribution is 2.19. The number of nitrogens with zero attached hydrogens (tertiary/aromatic N) is 1. The first-order valence-corrected chi connectivity index (χ1v) is 5.88. The van der Waals surface area contributed by atoms with Crippen LogP contribution in [-0.4, -0.2) is 22.6 Å². The van der Waals surface area contributed by atoms with Gasteiger partial charge in [0, 0.05) is 11.9 Å². The van der Waals surface area contributed by atoms with Gasteiger partial charge in [-0.15, -0.1) is 11.3 Å². The summed E-state index contributed by atoms with van der Waals surface area (Å²) >= 11 is 4.68. The molecule has 1 rings (SSSR count). The minimum atomic E-state index is -0.768. The van der Waals surface area contributed by atoms with Crippen molar-refractivity contribution >= 4 is 38.4 Å². The molecule has 2 N–H and O–H groups in total. The second-order valence-electron chi connectivity index (χ2n) is 2.80. The fourth-order valence-electron chi connectivity index (χ4n) is 0.952. The van der Waals surface area contributed by atoms with Gasteiger partial charge in [0.05, 0.1) is 5.92 Å². The molecular formula is C8H11BrN2O2S. The van der Waals surface area contributed by atoms with E-state index in [4.69, 9.17) is 5.11 Å². The topological polar surface area (TPSA) is 62.2 Å². The third-order valence-corrected chi connectivity index (χ3v) is 3.33. The monoisotopic (exact) mass is 278 g/mol. The van der Waals surface area contributed by atoms with E-state index in [0.717, 1.165) is 9.73 Å². The highest BCUT2D eigenvalue weighted by molar-refractivity contribution is 9.10. The van der Waals surface area contributed by atoms with Crippen molar-refractivity contribution in [2.24, 2.45) is 5.92 Å². The van der Waals surface area contributed by atoms with Crippen LogP contribution in [0.25, 0.3) is 0 Å². The summed E-state index contributed by atoms with van der Waals surface area (Å²) in [7, 11) is 0. The normalized spacial score (nSPS) is 12.4. The van der Waals surface area contributed by atoms with E-state index in [9.17, 15) is 4.79 Å². The van der Waals surface area contributed by atoms with Gasteiger partial charge in [0.2, 0.25) is 0 Å². The number of rotatable bonds is 5. The first-order chi connectivity index (χ1) is 6.63. The molecule has 0 radical (unpaired) electrons. The molecule has 1 aromatic rings. The number of nitrogens with one attached hydrogen (secondary N) is 1. The van der Waals surface area contributed by atoms with Crippen LogP contribution in [0, 0.1) is 5.92 Å². The smallest absolute Gasteiger partial charge is 0.308 e. The molecule has 1 unspecified atom stereocenters. The molecule has 1 aromatic heterocycles. The van der Waals surface area contributed by atoms with Crippen LogP contribution in [0.1, 0.15) is 13.3 Å². The van der Waals surface area contributed by atoms with Gasteiger partial charge in [0.25, 0.3) is 0 Å². The molecule has 0 bridgehead atoms. The Morgan fingerprint density at radius 1 is 1.86 bits per heavy atom. The first kappa shape index (κ1) is 11.5. The Labute approximate surface area is 94.5 Å². The number of thiazole rings is 1. The molecule has 6 heteroatoms. The highest BCUT2D eigenvalue weighted by Gasteiger charge is 2.14. The fourth-order valence-corrected chi connectivity index (χ4v) is 2.11. The molecule has 0 saturated carbocycles. The number of anilines is 1. The van der Waals surface area contributed by atoms with E-state index in [0.29, 0.717) is 13.0 Å². The molecule has 0 saturated heterocycles. The lowest BCUT2D eigenvalue weighted by atomic mass is 10.1. The number of halogens is 1. The number of carboxylic acid groups (broad SMARTS) is 1. The van der Waals surface area contributed by atoms with Gasteiger partial charge in [-0.25, -0.2) is 4.98 Å². The molecule has 0 aliphatic heterocycles. The Bertz CT molecular complexity index is 316. The Kier molecular flexibility index (Phi) is 4.34. The number of carboxylic acids is 1. The van der Waals surface area contributed by atoms with Gasteiger partial charge in [-0.3, -0.25) is 4.79 Å². The Hall–Kier alpha value is -0.620. The summed E-state index contributed by atoms with van der Waals surface area (Å²) in [4.78, 5) is 14.8. The Morgan fingerprint density at radius 3 is 3.00 bits per heavy atom. The third kappa shape index (κ3) is 3.26. The predicted molar refractivity (Wildman–Crippen MR) is 59.7 cm³/mol. The second kappa shape index (κ2) is 5.31. The number of hydrogen-bond acceptors (Lipinski definition) is 4. The molecule has 0 fully saturated rings. The second-order valence-corrected chi connectivity index (χ2v) is 4.47. The zero-order chi connectivity index (χ0) is 10.6. The molecule has 0 aliphatic rings. The summed E-state index contributed by atoms with van der Waals surface area (Å²) in [6.07, 6.45) is 0.620.